The maximum Gasteiger partial charge on any atom is 0.254 e. The zero-order valence-corrected chi connectivity index (χ0v) is 22.9. The van der Waals surface area contributed by atoms with Crippen LogP contribution in [0.1, 0.15) is 23.2 Å². The SMILES string of the molecule is COc1ccc(C(=O)N(CC(=O)Nc2nc(-c3ccc(OC)cc3)cn2-c2ccc(F)cc2)C[C@@H]2CCCO2)cc1. The van der Waals surface area contributed by atoms with Gasteiger partial charge in [0.1, 0.15) is 23.9 Å². The van der Waals surface area contributed by atoms with E-state index in [1.54, 1.807) is 61.4 Å². The van der Waals surface area contributed by atoms with Crippen LogP contribution in [0.3, 0.4) is 0 Å². The first-order valence-electron chi connectivity index (χ1n) is 13.3. The predicted octanol–water partition coefficient (Wildman–Crippen LogP) is 4.96. The third-order valence-electron chi connectivity index (χ3n) is 6.85. The van der Waals surface area contributed by atoms with Gasteiger partial charge in [-0.3, -0.25) is 19.5 Å². The Hall–Kier alpha value is -4.70. The van der Waals surface area contributed by atoms with E-state index in [-0.39, 0.29) is 36.9 Å². The van der Waals surface area contributed by atoms with Crippen molar-refractivity contribution >= 4 is 17.8 Å². The quantitative estimate of drug-likeness (QED) is 0.296. The third-order valence-corrected chi connectivity index (χ3v) is 6.85. The fraction of sp³-hybridized carbons (Fsp3) is 0.258. The number of aromatic nitrogens is 2. The molecule has 4 aromatic rings. The van der Waals surface area contributed by atoms with E-state index in [1.165, 1.54) is 17.0 Å². The van der Waals surface area contributed by atoms with Gasteiger partial charge in [-0.15, -0.1) is 0 Å². The smallest absolute Gasteiger partial charge is 0.254 e. The van der Waals surface area contributed by atoms with Crippen LogP contribution in [0.2, 0.25) is 0 Å². The van der Waals surface area contributed by atoms with Crippen LogP contribution in [0, 0.1) is 5.82 Å². The molecule has 2 amide bonds. The lowest BCUT2D eigenvalue weighted by Gasteiger charge is -2.25. The molecule has 212 valence electrons. The highest BCUT2D eigenvalue weighted by atomic mass is 19.1. The normalized spacial score (nSPS) is 14.5. The Morgan fingerprint density at radius 1 is 1.00 bits per heavy atom. The first kappa shape index (κ1) is 27.9. The van der Waals surface area contributed by atoms with E-state index in [9.17, 15) is 14.0 Å². The molecule has 5 rings (SSSR count). The summed E-state index contributed by atoms with van der Waals surface area (Å²) >= 11 is 0. The van der Waals surface area contributed by atoms with Crippen LogP contribution >= 0.6 is 0 Å². The molecular weight excluding hydrogens is 527 g/mol. The van der Waals surface area contributed by atoms with Crippen LogP contribution in [0.25, 0.3) is 16.9 Å². The fourth-order valence-corrected chi connectivity index (χ4v) is 4.67. The molecular formula is C31H31FN4O5. The van der Waals surface area contributed by atoms with Gasteiger partial charge in [0, 0.05) is 36.2 Å². The van der Waals surface area contributed by atoms with Crippen molar-refractivity contribution in [1.29, 1.82) is 0 Å². The molecule has 1 fully saturated rings. The molecule has 0 saturated carbocycles. The molecule has 9 nitrogen and oxygen atoms in total. The maximum atomic E-state index is 13.7. The average Bonchev–Trinajstić information content (AvgIpc) is 3.67. The summed E-state index contributed by atoms with van der Waals surface area (Å²) in [4.78, 5) is 33.0. The van der Waals surface area contributed by atoms with Crippen LogP contribution in [-0.2, 0) is 9.53 Å². The minimum atomic E-state index is -0.430. The molecule has 3 aromatic carbocycles. The van der Waals surface area contributed by atoms with Gasteiger partial charge in [0.2, 0.25) is 11.9 Å². The topological polar surface area (TPSA) is 94.9 Å². The number of hydrogen-bond acceptors (Lipinski definition) is 6. The molecule has 1 N–H and O–H groups in total. The van der Waals surface area contributed by atoms with Crippen molar-refractivity contribution in [1.82, 2.24) is 14.5 Å². The summed E-state index contributed by atoms with van der Waals surface area (Å²) in [7, 11) is 3.15. The van der Waals surface area contributed by atoms with Gasteiger partial charge in [-0.25, -0.2) is 9.37 Å². The van der Waals surface area contributed by atoms with Crippen molar-refractivity contribution in [2.45, 2.75) is 18.9 Å². The lowest BCUT2D eigenvalue weighted by atomic mass is 10.1. The molecule has 0 radical (unpaired) electrons. The molecule has 41 heavy (non-hydrogen) atoms. The molecule has 0 aliphatic carbocycles. The maximum absolute atomic E-state index is 13.7. The number of carbonyl (C=O) groups excluding carboxylic acids is 2. The molecule has 1 atom stereocenters. The van der Waals surface area contributed by atoms with E-state index in [2.05, 4.69) is 10.3 Å². The van der Waals surface area contributed by atoms with Crippen LogP contribution in [0.15, 0.2) is 79.0 Å². The minimum absolute atomic E-state index is 0.145. The monoisotopic (exact) mass is 558 g/mol. The standard InChI is InChI=1S/C31H31FN4O5/c1-39-25-13-5-21(6-14-25)28-19-36(24-11-9-23(32)10-12-24)31(33-28)34-29(37)20-35(18-27-4-3-17-41-27)30(38)22-7-15-26(40-2)16-8-22/h5-16,19,27H,3-4,17-18,20H2,1-2H3,(H,33,34,37)/t27-/m0/s1. The second kappa shape index (κ2) is 12.6. The number of hydrogen-bond donors (Lipinski definition) is 1. The summed E-state index contributed by atoms with van der Waals surface area (Å²) in [6, 6.07) is 20.0. The number of imidazole rings is 1. The summed E-state index contributed by atoms with van der Waals surface area (Å²) in [5, 5.41) is 2.86. The van der Waals surface area contributed by atoms with E-state index in [0.717, 1.165) is 18.4 Å². The van der Waals surface area contributed by atoms with Gasteiger partial charge >= 0.3 is 0 Å². The van der Waals surface area contributed by atoms with Crippen molar-refractivity contribution in [2.75, 3.05) is 39.2 Å². The van der Waals surface area contributed by atoms with E-state index >= 15 is 0 Å². The van der Waals surface area contributed by atoms with Gasteiger partial charge < -0.3 is 19.1 Å². The van der Waals surface area contributed by atoms with Gasteiger partial charge in [-0.05, 0) is 85.6 Å². The van der Waals surface area contributed by atoms with E-state index in [1.807, 2.05) is 24.3 Å². The van der Waals surface area contributed by atoms with Crippen molar-refractivity contribution in [3.63, 3.8) is 0 Å². The Morgan fingerprint density at radius 2 is 1.66 bits per heavy atom. The Kier molecular flexibility index (Phi) is 8.59. The zero-order chi connectivity index (χ0) is 28.8. The number of amides is 2. The molecule has 1 aromatic heterocycles. The predicted molar refractivity (Wildman–Crippen MR) is 152 cm³/mol. The number of halogens is 1. The molecule has 1 saturated heterocycles. The summed E-state index contributed by atoms with van der Waals surface area (Å²) in [6.45, 7) is 0.700. The molecule has 2 heterocycles. The van der Waals surface area contributed by atoms with Crippen LogP contribution in [-0.4, -0.2) is 66.3 Å². The third kappa shape index (κ3) is 6.72. The van der Waals surface area contributed by atoms with Crippen molar-refractivity contribution in [3.8, 4) is 28.4 Å². The highest BCUT2D eigenvalue weighted by molar-refractivity contribution is 5.99. The summed E-state index contributed by atoms with van der Waals surface area (Å²) in [5.41, 5.74) is 2.44. The second-order valence-electron chi connectivity index (χ2n) is 9.62. The summed E-state index contributed by atoms with van der Waals surface area (Å²) in [5.74, 6) is 0.468. The Morgan fingerprint density at radius 3 is 2.27 bits per heavy atom. The molecule has 0 spiro atoms. The van der Waals surface area contributed by atoms with Crippen LogP contribution < -0.4 is 14.8 Å². The van der Waals surface area contributed by atoms with E-state index in [4.69, 9.17) is 14.2 Å². The first-order valence-corrected chi connectivity index (χ1v) is 13.3. The van der Waals surface area contributed by atoms with Crippen molar-refractivity contribution in [2.24, 2.45) is 0 Å². The van der Waals surface area contributed by atoms with Gasteiger partial charge in [0.25, 0.3) is 5.91 Å². The number of ether oxygens (including phenoxy) is 3. The lowest BCUT2D eigenvalue weighted by Crippen LogP contribution is -2.42. The second-order valence-corrected chi connectivity index (χ2v) is 9.62. The largest absolute Gasteiger partial charge is 0.497 e. The van der Waals surface area contributed by atoms with E-state index in [0.29, 0.717) is 35.1 Å². The number of methoxy groups -OCH3 is 2. The first-order chi connectivity index (χ1) is 19.9. The van der Waals surface area contributed by atoms with Crippen LogP contribution in [0.4, 0.5) is 10.3 Å². The molecule has 0 unspecified atom stereocenters. The molecule has 0 bridgehead atoms. The fourth-order valence-electron chi connectivity index (χ4n) is 4.67. The Bertz CT molecular complexity index is 1480. The van der Waals surface area contributed by atoms with Gasteiger partial charge in [-0.2, -0.15) is 0 Å². The number of rotatable bonds is 10. The highest BCUT2D eigenvalue weighted by Crippen LogP contribution is 2.26. The van der Waals surface area contributed by atoms with Crippen LogP contribution in [0.5, 0.6) is 11.5 Å². The average molecular weight is 559 g/mol. The summed E-state index contributed by atoms with van der Waals surface area (Å²) in [6.07, 6.45) is 3.34. The Balaban J connectivity index is 1.40. The zero-order valence-electron chi connectivity index (χ0n) is 22.9. The van der Waals surface area contributed by atoms with Crippen molar-refractivity contribution < 1.29 is 28.2 Å². The number of benzene rings is 3. The summed E-state index contributed by atoms with van der Waals surface area (Å²) < 4.78 is 31.5. The molecule has 1 aliphatic heterocycles. The van der Waals surface area contributed by atoms with E-state index < -0.39 is 5.91 Å². The minimum Gasteiger partial charge on any atom is -0.497 e. The lowest BCUT2D eigenvalue weighted by molar-refractivity contribution is -0.117. The number of anilines is 1. The number of nitrogens with zero attached hydrogens (tertiary/aromatic N) is 3. The van der Waals surface area contributed by atoms with Crippen molar-refractivity contribution in [3.05, 3.63) is 90.4 Å². The molecule has 10 heteroatoms. The van der Waals surface area contributed by atoms with Gasteiger partial charge in [0.15, 0.2) is 0 Å². The number of carbonyl (C=O) groups is 2. The Labute approximate surface area is 237 Å². The van der Waals surface area contributed by atoms with Gasteiger partial charge in [-0.1, -0.05) is 0 Å². The van der Waals surface area contributed by atoms with Gasteiger partial charge in [0.05, 0.1) is 26.0 Å². The highest BCUT2D eigenvalue weighted by Gasteiger charge is 2.26. The molecule has 1 aliphatic rings. The number of nitrogens with one attached hydrogen (secondary N) is 1.